The average molecular weight is 270 g/mol. The molecule has 18 heavy (non-hydrogen) atoms. The van der Waals surface area contributed by atoms with E-state index in [9.17, 15) is 9.59 Å². The smallest absolute Gasteiger partial charge is 0.303 e. The number of carboxylic acid groups (broad SMARTS) is 1. The molecule has 6 heteroatoms. The number of amides is 1. The van der Waals surface area contributed by atoms with Crippen molar-refractivity contribution >= 4 is 23.2 Å². The van der Waals surface area contributed by atoms with Gasteiger partial charge in [-0.1, -0.05) is 0 Å². The Hall–Kier alpha value is -1.43. The molecular weight excluding hydrogens is 252 g/mol. The van der Waals surface area contributed by atoms with E-state index in [-0.39, 0.29) is 12.3 Å². The highest BCUT2D eigenvalue weighted by atomic mass is 32.1. The van der Waals surface area contributed by atoms with Crippen LogP contribution >= 0.6 is 11.3 Å². The molecule has 1 rings (SSSR count). The summed E-state index contributed by atoms with van der Waals surface area (Å²) < 4.78 is 0. The minimum atomic E-state index is -0.859. The van der Waals surface area contributed by atoms with Gasteiger partial charge in [0.1, 0.15) is 4.88 Å². The third kappa shape index (κ3) is 4.10. The summed E-state index contributed by atoms with van der Waals surface area (Å²) in [5, 5.41) is 12.4. The summed E-state index contributed by atoms with van der Waals surface area (Å²) in [5.74, 6) is -1.05. The minimum absolute atomic E-state index is 0.0357. The van der Waals surface area contributed by atoms with Gasteiger partial charge >= 0.3 is 5.97 Å². The number of rotatable bonds is 5. The van der Waals surface area contributed by atoms with E-state index in [0.29, 0.717) is 17.0 Å². The van der Waals surface area contributed by atoms with Crippen molar-refractivity contribution in [1.29, 1.82) is 0 Å². The van der Waals surface area contributed by atoms with Crippen molar-refractivity contribution in [2.75, 3.05) is 0 Å². The Morgan fingerprint density at radius 3 is 2.44 bits per heavy atom. The van der Waals surface area contributed by atoms with Crippen molar-refractivity contribution in [2.45, 2.75) is 46.1 Å². The van der Waals surface area contributed by atoms with Gasteiger partial charge in [-0.2, -0.15) is 0 Å². The summed E-state index contributed by atoms with van der Waals surface area (Å²) in [6.45, 7) is 7.28. The number of carbonyl (C=O) groups excluding carboxylic acids is 1. The molecule has 0 spiro atoms. The lowest BCUT2D eigenvalue weighted by atomic mass is 9.98. The maximum absolute atomic E-state index is 12.1. The minimum Gasteiger partial charge on any atom is -0.481 e. The highest BCUT2D eigenvalue weighted by Gasteiger charge is 2.24. The first kappa shape index (κ1) is 14.6. The Bertz CT molecular complexity index is 466. The number of hydrogen-bond acceptors (Lipinski definition) is 4. The topological polar surface area (TPSA) is 79.3 Å². The van der Waals surface area contributed by atoms with Gasteiger partial charge in [0, 0.05) is 12.0 Å². The Kier molecular flexibility index (Phi) is 4.45. The molecule has 0 unspecified atom stereocenters. The van der Waals surface area contributed by atoms with Gasteiger partial charge in [-0.25, -0.2) is 4.98 Å². The van der Waals surface area contributed by atoms with E-state index in [4.69, 9.17) is 5.11 Å². The number of aromatic nitrogens is 1. The molecule has 0 aliphatic rings. The van der Waals surface area contributed by atoms with Crippen molar-refractivity contribution in [3.8, 4) is 0 Å². The molecule has 0 aromatic carbocycles. The number of carbonyl (C=O) groups is 2. The number of aryl methyl sites for hydroxylation is 2. The molecule has 0 fully saturated rings. The van der Waals surface area contributed by atoms with Crippen molar-refractivity contribution in [2.24, 2.45) is 0 Å². The van der Waals surface area contributed by atoms with Crippen LogP contribution in [0.25, 0.3) is 0 Å². The van der Waals surface area contributed by atoms with Gasteiger partial charge in [0.05, 0.1) is 10.7 Å². The van der Waals surface area contributed by atoms with Crippen molar-refractivity contribution in [1.82, 2.24) is 10.3 Å². The second kappa shape index (κ2) is 5.48. The van der Waals surface area contributed by atoms with Crippen molar-refractivity contribution in [3.05, 3.63) is 15.6 Å². The molecule has 0 aliphatic heterocycles. The number of hydrogen-bond donors (Lipinski definition) is 2. The lowest BCUT2D eigenvalue weighted by molar-refractivity contribution is -0.137. The summed E-state index contributed by atoms with van der Waals surface area (Å²) in [6.07, 6.45) is 0.429. The number of carboxylic acids is 1. The van der Waals surface area contributed by atoms with E-state index in [1.54, 1.807) is 6.92 Å². The molecule has 0 saturated carbocycles. The summed E-state index contributed by atoms with van der Waals surface area (Å²) in [4.78, 5) is 27.4. The highest BCUT2D eigenvalue weighted by molar-refractivity contribution is 7.13. The Morgan fingerprint density at radius 2 is 2.00 bits per heavy atom. The number of aliphatic carboxylic acids is 1. The van der Waals surface area contributed by atoms with Crippen LogP contribution in [0.3, 0.4) is 0 Å². The van der Waals surface area contributed by atoms with Gasteiger partial charge in [0.2, 0.25) is 0 Å². The lowest BCUT2D eigenvalue weighted by Crippen LogP contribution is -2.43. The molecule has 100 valence electrons. The normalized spacial score (nSPS) is 11.3. The Balaban J connectivity index is 2.69. The fourth-order valence-electron chi connectivity index (χ4n) is 1.59. The molecule has 1 aromatic heterocycles. The molecule has 0 saturated heterocycles. The quantitative estimate of drug-likeness (QED) is 0.859. The van der Waals surface area contributed by atoms with Crippen LogP contribution in [0.5, 0.6) is 0 Å². The van der Waals surface area contributed by atoms with Gasteiger partial charge in [-0.15, -0.1) is 11.3 Å². The van der Waals surface area contributed by atoms with E-state index in [1.165, 1.54) is 11.3 Å². The third-order valence-corrected chi connectivity index (χ3v) is 3.60. The standard InChI is InChI=1S/C12H18N2O3S/c1-7-10(18-8(2)13-7)11(17)14-12(3,4)6-5-9(15)16/h5-6H2,1-4H3,(H,14,17)(H,15,16). The van der Waals surface area contributed by atoms with Crippen LogP contribution < -0.4 is 5.32 Å². The maximum Gasteiger partial charge on any atom is 0.303 e. The van der Waals surface area contributed by atoms with Gasteiger partial charge in [-0.05, 0) is 34.1 Å². The number of thiazole rings is 1. The number of nitrogens with zero attached hydrogens (tertiary/aromatic N) is 1. The van der Waals surface area contributed by atoms with Crippen LogP contribution in [0.1, 0.15) is 47.1 Å². The zero-order chi connectivity index (χ0) is 13.9. The average Bonchev–Trinajstić information content (AvgIpc) is 2.54. The molecule has 1 amide bonds. The molecule has 0 atom stereocenters. The summed E-state index contributed by atoms with van der Waals surface area (Å²) in [7, 11) is 0. The molecule has 1 heterocycles. The van der Waals surface area contributed by atoms with E-state index in [1.807, 2.05) is 20.8 Å². The number of nitrogens with one attached hydrogen (secondary N) is 1. The lowest BCUT2D eigenvalue weighted by Gasteiger charge is -2.25. The van der Waals surface area contributed by atoms with Gasteiger partial charge < -0.3 is 10.4 Å². The van der Waals surface area contributed by atoms with Gasteiger partial charge in [0.15, 0.2) is 0 Å². The highest BCUT2D eigenvalue weighted by Crippen LogP contribution is 2.19. The second-order valence-corrected chi connectivity index (χ2v) is 6.08. The SMILES string of the molecule is Cc1nc(C)c(C(=O)NC(C)(C)CCC(=O)O)s1. The largest absolute Gasteiger partial charge is 0.481 e. The van der Waals surface area contributed by atoms with Crippen LogP contribution in [0.15, 0.2) is 0 Å². The van der Waals surface area contributed by atoms with Crippen molar-refractivity contribution < 1.29 is 14.7 Å². The molecule has 2 N–H and O–H groups in total. The molecule has 0 bridgehead atoms. The first-order chi connectivity index (χ1) is 8.21. The maximum atomic E-state index is 12.1. The van der Waals surface area contributed by atoms with E-state index >= 15 is 0 Å². The molecule has 0 radical (unpaired) electrons. The summed E-state index contributed by atoms with van der Waals surface area (Å²) >= 11 is 1.35. The van der Waals surface area contributed by atoms with E-state index in [2.05, 4.69) is 10.3 Å². The van der Waals surface area contributed by atoms with Gasteiger partial charge in [0.25, 0.3) is 5.91 Å². The predicted molar refractivity (Wildman–Crippen MR) is 70.0 cm³/mol. The molecule has 5 nitrogen and oxygen atoms in total. The van der Waals surface area contributed by atoms with Crippen LogP contribution in [0.2, 0.25) is 0 Å². The van der Waals surface area contributed by atoms with Crippen LogP contribution in [-0.2, 0) is 4.79 Å². The zero-order valence-electron chi connectivity index (χ0n) is 11.0. The third-order valence-electron chi connectivity index (χ3n) is 2.53. The fourth-order valence-corrected chi connectivity index (χ4v) is 2.40. The van der Waals surface area contributed by atoms with Crippen LogP contribution in [0, 0.1) is 13.8 Å². The van der Waals surface area contributed by atoms with Crippen LogP contribution in [0.4, 0.5) is 0 Å². The second-order valence-electron chi connectivity index (χ2n) is 4.88. The monoisotopic (exact) mass is 270 g/mol. The van der Waals surface area contributed by atoms with Gasteiger partial charge in [-0.3, -0.25) is 9.59 Å². The van der Waals surface area contributed by atoms with E-state index in [0.717, 1.165) is 5.01 Å². The summed E-state index contributed by atoms with van der Waals surface area (Å²) in [5.41, 5.74) is 0.170. The first-order valence-corrected chi connectivity index (χ1v) is 6.51. The van der Waals surface area contributed by atoms with Crippen LogP contribution in [-0.4, -0.2) is 27.5 Å². The summed E-state index contributed by atoms with van der Waals surface area (Å²) in [6, 6.07) is 0. The molecular formula is C12H18N2O3S. The zero-order valence-corrected chi connectivity index (χ0v) is 11.8. The molecule has 1 aromatic rings. The first-order valence-electron chi connectivity index (χ1n) is 5.69. The fraction of sp³-hybridized carbons (Fsp3) is 0.583. The Labute approximate surface area is 110 Å². The van der Waals surface area contributed by atoms with Crippen molar-refractivity contribution in [3.63, 3.8) is 0 Å². The molecule has 0 aliphatic carbocycles. The Morgan fingerprint density at radius 1 is 1.39 bits per heavy atom. The van der Waals surface area contributed by atoms with E-state index < -0.39 is 11.5 Å². The predicted octanol–water partition coefficient (Wildman–Crippen LogP) is 2.13.